The van der Waals surface area contributed by atoms with Crippen molar-refractivity contribution in [2.75, 3.05) is 0 Å². The molecule has 0 saturated heterocycles. The molecule has 4 aromatic rings. The van der Waals surface area contributed by atoms with E-state index in [1.807, 2.05) is 29.8 Å². The Hall–Kier alpha value is -3.21. The number of fused-ring (bicyclic) bond motifs is 1. The lowest BCUT2D eigenvalue weighted by molar-refractivity contribution is 0.110. The van der Waals surface area contributed by atoms with E-state index in [1.54, 1.807) is 12.1 Å². The van der Waals surface area contributed by atoms with Crippen molar-refractivity contribution >= 4 is 17.3 Å². The quantitative estimate of drug-likeness (QED) is 0.512. The second-order valence-electron chi connectivity index (χ2n) is 6.46. The Bertz CT molecular complexity index is 1110. The molecule has 0 fully saturated rings. The van der Waals surface area contributed by atoms with E-state index >= 15 is 0 Å². The maximum atomic E-state index is 11.0. The van der Waals surface area contributed by atoms with Crippen molar-refractivity contribution in [1.82, 2.24) is 14.8 Å². The van der Waals surface area contributed by atoms with Crippen LogP contribution in [0.4, 0.5) is 0 Å². The van der Waals surface area contributed by atoms with E-state index in [0.29, 0.717) is 24.4 Å². The predicted octanol–water partition coefficient (Wildman–Crippen LogP) is 4.48. The van der Waals surface area contributed by atoms with Crippen LogP contribution in [0.1, 0.15) is 32.9 Å². The van der Waals surface area contributed by atoms with Crippen LogP contribution >= 0.6 is 0 Å². The molecule has 0 atom stereocenters. The Labute approximate surface area is 151 Å². The van der Waals surface area contributed by atoms with Gasteiger partial charge >= 0.3 is 0 Å². The summed E-state index contributed by atoms with van der Waals surface area (Å²) in [4.78, 5) is 15.8. The lowest BCUT2D eigenvalue weighted by Crippen LogP contribution is -2.04. The summed E-state index contributed by atoms with van der Waals surface area (Å²) in [6.45, 7) is 6.77. The first-order valence-electron chi connectivity index (χ1n) is 8.52. The summed E-state index contributed by atoms with van der Waals surface area (Å²) in [5.74, 6) is 0.872. The van der Waals surface area contributed by atoms with Gasteiger partial charge in [0.15, 0.2) is 23.5 Å². The van der Waals surface area contributed by atoms with Gasteiger partial charge < -0.3 is 4.42 Å². The third-order valence-corrected chi connectivity index (χ3v) is 4.83. The molecule has 0 N–H and O–H groups in total. The van der Waals surface area contributed by atoms with Gasteiger partial charge in [-0.15, -0.1) is 0 Å². The number of nitrogens with zero attached hydrogens (tertiary/aromatic N) is 3. The number of hydrogen-bond acceptors (Lipinski definition) is 4. The smallest absolute Gasteiger partial charge is 0.185 e. The van der Waals surface area contributed by atoms with Crippen LogP contribution in [0.2, 0.25) is 0 Å². The third-order valence-electron chi connectivity index (χ3n) is 4.83. The molecule has 5 heteroatoms. The van der Waals surface area contributed by atoms with Gasteiger partial charge in [0.05, 0.1) is 11.9 Å². The fourth-order valence-corrected chi connectivity index (χ4v) is 3.20. The highest BCUT2D eigenvalue weighted by Crippen LogP contribution is 2.33. The van der Waals surface area contributed by atoms with Crippen molar-refractivity contribution in [3.63, 3.8) is 0 Å². The van der Waals surface area contributed by atoms with Gasteiger partial charge in [-0.25, -0.2) is 9.67 Å². The Morgan fingerprint density at radius 3 is 2.50 bits per heavy atom. The largest absolute Gasteiger partial charge is 0.452 e. The van der Waals surface area contributed by atoms with E-state index < -0.39 is 0 Å². The normalized spacial score (nSPS) is 11.2. The summed E-state index contributed by atoms with van der Waals surface area (Å²) in [5, 5.41) is 5.76. The number of aryl methyl sites for hydroxylation is 2. The van der Waals surface area contributed by atoms with E-state index in [1.165, 1.54) is 0 Å². The first-order chi connectivity index (χ1) is 12.6. The van der Waals surface area contributed by atoms with E-state index in [-0.39, 0.29) is 0 Å². The van der Waals surface area contributed by atoms with Crippen molar-refractivity contribution in [2.24, 2.45) is 0 Å². The molecule has 0 unspecified atom stereocenters. The van der Waals surface area contributed by atoms with E-state index in [4.69, 9.17) is 14.5 Å². The molecular formula is C21H19N3O2. The van der Waals surface area contributed by atoms with Crippen LogP contribution in [-0.4, -0.2) is 21.1 Å². The number of benzene rings is 1. The number of carbonyl (C=O) groups is 1. The average molecular weight is 345 g/mol. The van der Waals surface area contributed by atoms with Crippen LogP contribution in [0.5, 0.6) is 0 Å². The number of carbonyl (C=O) groups excluding carboxylic acids is 1. The van der Waals surface area contributed by atoms with Crippen LogP contribution in [0.15, 0.2) is 46.9 Å². The number of pyridine rings is 1. The zero-order chi connectivity index (χ0) is 18.3. The second-order valence-corrected chi connectivity index (χ2v) is 6.46. The average Bonchev–Trinajstić information content (AvgIpc) is 3.26. The summed E-state index contributed by atoms with van der Waals surface area (Å²) in [6, 6.07) is 13.6. The predicted molar refractivity (Wildman–Crippen MR) is 100 cm³/mol. The van der Waals surface area contributed by atoms with E-state index in [2.05, 4.69) is 26.0 Å². The van der Waals surface area contributed by atoms with Gasteiger partial charge in [-0.3, -0.25) is 4.79 Å². The van der Waals surface area contributed by atoms with Crippen molar-refractivity contribution in [2.45, 2.75) is 27.3 Å². The van der Waals surface area contributed by atoms with Crippen LogP contribution in [0.25, 0.3) is 22.5 Å². The van der Waals surface area contributed by atoms with Crippen LogP contribution in [0.3, 0.4) is 0 Å². The first-order valence-corrected chi connectivity index (χ1v) is 8.52. The molecule has 0 radical (unpaired) electrons. The Morgan fingerprint density at radius 2 is 1.81 bits per heavy atom. The summed E-state index contributed by atoms with van der Waals surface area (Å²) in [6.07, 6.45) is 0.702. The Balaban J connectivity index is 1.96. The minimum Gasteiger partial charge on any atom is -0.452 e. The number of furan rings is 1. The van der Waals surface area contributed by atoms with Crippen molar-refractivity contribution in [3.8, 4) is 11.5 Å². The number of hydrogen-bond donors (Lipinski definition) is 0. The number of aromatic nitrogens is 3. The summed E-state index contributed by atoms with van der Waals surface area (Å²) < 4.78 is 7.55. The van der Waals surface area contributed by atoms with Crippen molar-refractivity contribution in [3.05, 3.63) is 70.6 Å². The van der Waals surface area contributed by atoms with Crippen LogP contribution in [0, 0.1) is 20.8 Å². The van der Waals surface area contributed by atoms with Crippen LogP contribution in [-0.2, 0) is 6.54 Å². The topological polar surface area (TPSA) is 60.9 Å². The zero-order valence-corrected chi connectivity index (χ0v) is 15.0. The molecule has 130 valence electrons. The monoisotopic (exact) mass is 345 g/mol. The molecule has 5 nitrogen and oxygen atoms in total. The van der Waals surface area contributed by atoms with Gasteiger partial charge in [-0.1, -0.05) is 30.3 Å². The molecule has 0 aliphatic rings. The number of rotatable bonds is 4. The molecule has 0 aliphatic heterocycles. The first kappa shape index (κ1) is 16.3. The van der Waals surface area contributed by atoms with Gasteiger partial charge in [0, 0.05) is 5.69 Å². The third kappa shape index (κ3) is 2.62. The van der Waals surface area contributed by atoms with Crippen molar-refractivity contribution < 1.29 is 9.21 Å². The zero-order valence-electron chi connectivity index (χ0n) is 15.0. The summed E-state index contributed by atoms with van der Waals surface area (Å²) in [5.41, 5.74) is 5.95. The molecule has 4 rings (SSSR count). The molecule has 3 heterocycles. The highest BCUT2D eigenvalue weighted by atomic mass is 16.3. The molecule has 0 aliphatic carbocycles. The Morgan fingerprint density at radius 1 is 1.04 bits per heavy atom. The molecule has 1 aromatic carbocycles. The molecule has 0 spiro atoms. The molecule has 0 saturated carbocycles. The van der Waals surface area contributed by atoms with Gasteiger partial charge in [0.1, 0.15) is 5.69 Å². The second kappa shape index (κ2) is 6.26. The highest BCUT2D eigenvalue weighted by Gasteiger charge is 2.20. The molecule has 0 amide bonds. The molecule has 26 heavy (non-hydrogen) atoms. The van der Waals surface area contributed by atoms with Gasteiger partial charge in [-0.2, -0.15) is 5.10 Å². The molecular weight excluding hydrogens is 326 g/mol. The van der Waals surface area contributed by atoms with E-state index in [0.717, 1.165) is 39.1 Å². The van der Waals surface area contributed by atoms with Gasteiger partial charge in [0.25, 0.3) is 0 Å². The van der Waals surface area contributed by atoms with Crippen LogP contribution < -0.4 is 0 Å². The molecule has 0 bridgehead atoms. The maximum Gasteiger partial charge on any atom is 0.185 e. The summed E-state index contributed by atoms with van der Waals surface area (Å²) in [7, 11) is 0. The molecule has 3 aromatic heterocycles. The minimum atomic E-state index is 0.292. The highest BCUT2D eigenvalue weighted by molar-refractivity contribution is 5.93. The van der Waals surface area contributed by atoms with Crippen molar-refractivity contribution in [1.29, 1.82) is 0 Å². The fourth-order valence-electron chi connectivity index (χ4n) is 3.20. The Kier molecular flexibility index (Phi) is 3.92. The van der Waals surface area contributed by atoms with Gasteiger partial charge in [0.2, 0.25) is 0 Å². The fraction of sp³-hybridized carbons (Fsp3) is 0.190. The number of aldehydes is 1. The minimum absolute atomic E-state index is 0.292. The lowest BCUT2D eigenvalue weighted by atomic mass is 10.0. The standard InChI is InChI=1S/C21H19N3O2/c1-13-14(2)19-20(18-10-9-17(12-25)26-18)23-24(21(19)22-15(13)3)11-16-7-5-4-6-8-16/h4-10,12H,11H2,1-3H3. The van der Waals surface area contributed by atoms with E-state index in [9.17, 15) is 4.79 Å². The maximum absolute atomic E-state index is 11.0. The summed E-state index contributed by atoms with van der Waals surface area (Å²) >= 11 is 0. The van der Waals surface area contributed by atoms with Gasteiger partial charge in [-0.05, 0) is 49.6 Å². The SMILES string of the molecule is Cc1nc2c(c(-c3ccc(C=O)o3)nn2Cc2ccccc2)c(C)c1C. The lowest BCUT2D eigenvalue weighted by Gasteiger charge is -2.08.